The molecule has 0 aromatic heterocycles. The minimum atomic E-state index is -1.42. The van der Waals surface area contributed by atoms with Crippen LogP contribution in [0.4, 0.5) is 0 Å². The van der Waals surface area contributed by atoms with Gasteiger partial charge in [0.25, 0.3) is 0 Å². The molecule has 0 saturated carbocycles. The van der Waals surface area contributed by atoms with Gasteiger partial charge in [-0.15, -0.1) is 0 Å². The minimum absolute atomic E-state index is 0. The standard InChI is InChI=1S/C6H8O6.K/c7-1-2(8)5-3(9)4(10)6(11)12-5;/h2,5,7-10H,1H2;/t2-,5+;/m0./s1. The predicted octanol–water partition coefficient (Wildman–Crippen LogP) is -1.79. The quantitative estimate of drug-likeness (QED) is 0.320. The summed E-state index contributed by atoms with van der Waals surface area (Å²) < 4.78 is 4.32. The predicted molar refractivity (Wildman–Crippen MR) is 41.0 cm³/mol. The molecule has 0 aromatic rings. The minimum Gasteiger partial charge on any atom is -0.505 e. The van der Waals surface area contributed by atoms with Crippen LogP contribution in [0.15, 0.2) is 11.5 Å². The van der Waals surface area contributed by atoms with E-state index in [4.69, 9.17) is 20.4 Å². The molecule has 0 bridgehead atoms. The van der Waals surface area contributed by atoms with Gasteiger partial charge in [-0.1, -0.05) is 0 Å². The zero-order chi connectivity index (χ0) is 9.30. The maximum absolute atomic E-state index is 10.5. The Kier molecular flexibility index (Phi) is 5.45. The van der Waals surface area contributed by atoms with Crippen molar-refractivity contribution >= 4 is 57.4 Å². The second-order valence-electron chi connectivity index (χ2n) is 2.31. The molecule has 1 aliphatic rings. The summed E-state index contributed by atoms with van der Waals surface area (Å²) in [7, 11) is 0. The van der Waals surface area contributed by atoms with Gasteiger partial charge in [0.1, 0.15) is 6.10 Å². The Labute approximate surface area is 116 Å². The Hall–Kier alpha value is 0.366. The van der Waals surface area contributed by atoms with E-state index in [0.717, 1.165) is 0 Å². The molecule has 1 rings (SSSR count). The number of aliphatic hydroxyl groups excluding tert-OH is 4. The normalized spacial score (nSPS) is 23.8. The molecule has 1 radical (unpaired) electrons. The van der Waals surface area contributed by atoms with Crippen LogP contribution in [0.1, 0.15) is 0 Å². The van der Waals surface area contributed by atoms with Crippen molar-refractivity contribution in [2.45, 2.75) is 12.2 Å². The van der Waals surface area contributed by atoms with Gasteiger partial charge in [0.05, 0.1) is 6.61 Å². The summed E-state index contributed by atoms with van der Waals surface area (Å²) in [5, 5.41) is 35.0. The Morgan fingerprint density at radius 1 is 1.46 bits per heavy atom. The van der Waals surface area contributed by atoms with E-state index in [1.54, 1.807) is 0 Å². The third kappa shape index (κ3) is 2.66. The van der Waals surface area contributed by atoms with Gasteiger partial charge in [-0.3, -0.25) is 0 Å². The molecule has 0 saturated heterocycles. The number of ether oxygens (including phenoxy) is 1. The fourth-order valence-corrected chi connectivity index (χ4v) is 0.823. The van der Waals surface area contributed by atoms with Crippen LogP contribution in [-0.4, -0.2) is 96.6 Å². The number of carbonyl (C=O) groups excluding carboxylic acids is 1. The van der Waals surface area contributed by atoms with E-state index >= 15 is 0 Å². The first-order valence-corrected chi connectivity index (χ1v) is 3.20. The third-order valence-corrected chi connectivity index (χ3v) is 1.48. The largest absolute Gasteiger partial charge is 0.505 e. The van der Waals surface area contributed by atoms with Crippen LogP contribution in [0.25, 0.3) is 0 Å². The van der Waals surface area contributed by atoms with Gasteiger partial charge in [-0.2, -0.15) is 0 Å². The maximum Gasteiger partial charge on any atom is 0.377 e. The first-order valence-electron chi connectivity index (χ1n) is 3.20. The Morgan fingerprint density at radius 3 is 2.31 bits per heavy atom. The van der Waals surface area contributed by atoms with Crippen molar-refractivity contribution in [2.24, 2.45) is 0 Å². The molecule has 7 heteroatoms. The summed E-state index contributed by atoms with van der Waals surface area (Å²) in [6.45, 7) is -0.671. The van der Waals surface area contributed by atoms with Gasteiger partial charge in [-0.25, -0.2) is 4.79 Å². The van der Waals surface area contributed by atoms with E-state index in [0.29, 0.717) is 0 Å². The van der Waals surface area contributed by atoms with Crippen molar-refractivity contribution in [3.8, 4) is 0 Å². The average Bonchev–Trinajstić information content (AvgIpc) is 2.32. The van der Waals surface area contributed by atoms with Gasteiger partial charge in [0, 0.05) is 51.4 Å². The first kappa shape index (κ1) is 13.4. The number of esters is 1. The molecule has 0 aromatic carbocycles. The number of hydrogen-bond donors (Lipinski definition) is 4. The van der Waals surface area contributed by atoms with Crippen LogP contribution in [0, 0.1) is 0 Å². The van der Waals surface area contributed by atoms with Crippen LogP contribution in [0.5, 0.6) is 0 Å². The van der Waals surface area contributed by atoms with E-state index in [-0.39, 0.29) is 51.4 Å². The van der Waals surface area contributed by atoms with Crippen molar-refractivity contribution in [2.75, 3.05) is 6.61 Å². The molecule has 1 aliphatic heterocycles. The van der Waals surface area contributed by atoms with Gasteiger partial charge in [-0.05, 0) is 0 Å². The molecule has 0 fully saturated rings. The number of hydrogen-bond acceptors (Lipinski definition) is 6. The third-order valence-electron chi connectivity index (χ3n) is 1.48. The zero-order valence-electron chi connectivity index (χ0n) is 6.97. The van der Waals surface area contributed by atoms with Gasteiger partial charge >= 0.3 is 5.97 Å². The number of carbonyl (C=O) groups is 1. The fraction of sp³-hybridized carbons (Fsp3) is 0.500. The summed E-state index contributed by atoms with van der Waals surface area (Å²) in [6, 6.07) is 0. The summed E-state index contributed by atoms with van der Waals surface area (Å²) in [5.41, 5.74) is 0. The van der Waals surface area contributed by atoms with Crippen LogP contribution >= 0.6 is 0 Å². The summed E-state index contributed by atoms with van der Waals surface area (Å²) >= 11 is 0. The van der Waals surface area contributed by atoms with Crippen LogP contribution in [0.2, 0.25) is 0 Å². The molecule has 0 spiro atoms. The number of aliphatic hydroxyl groups is 4. The zero-order valence-corrected chi connectivity index (χ0v) is 10.1. The second-order valence-corrected chi connectivity index (χ2v) is 2.31. The Morgan fingerprint density at radius 2 is 2.00 bits per heavy atom. The molecule has 1 heterocycles. The first-order chi connectivity index (χ1) is 5.57. The monoisotopic (exact) mass is 215 g/mol. The van der Waals surface area contributed by atoms with Crippen LogP contribution in [-0.2, 0) is 9.53 Å². The van der Waals surface area contributed by atoms with Crippen LogP contribution in [0.3, 0.4) is 0 Å². The van der Waals surface area contributed by atoms with Gasteiger partial charge < -0.3 is 25.2 Å². The van der Waals surface area contributed by atoms with E-state index in [2.05, 4.69) is 4.74 Å². The molecule has 0 unspecified atom stereocenters. The molecule has 0 amide bonds. The fourth-order valence-electron chi connectivity index (χ4n) is 0.823. The van der Waals surface area contributed by atoms with Gasteiger partial charge in [0.15, 0.2) is 11.9 Å². The molecule has 69 valence electrons. The van der Waals surface area contributed by atoms with Crippen LogP contribution < -0.4 is 0 Å². The summed E-state index contributed by atoms with van der Waals surface area (Å²) in [4.78, 5) is 10.5. The van der Waals surface area contributed by atoms with E-state index < -0.39 is 36.3 Å². The molecule has 0 aliphatic carbocycles. The average molecular weight is 215 g/mol. The molecular formula is C6H8KO6. The summed E-state index contributed by atoms with van der Waals surface area (Å²) in [5.74, 6) is -2.78. The number of cyclic esters (lactones) is 1. The molecule has 2 atom stereocenters. The van der Waals surface area contributed by atoms with Crippen molar-refractivity contribution in [3.05, 3.63) is 11.5 Å². The van der Waals surface area contributed by atoms with E-state index in [9.17, 15) is 4.79 Å². The van der Waals surface area contributed by atoms with Gasteiger partial charge in [0.2, 0.25) is 5.76 Å². The summed E-state index contributed by atoms with van der Waals surface area (Å²) in [6.07, 6.45) is -2.78. The van der Waals surface area contributed by atoms with Crippen molar-refractivity contribution < 1.29 is 30.0 Å². The molecule has 4 N–H and O–H groups in total. The Balaban J connectivity index is 0.00000144. The van der Waals surface area contributed by atoms with E-state index in [1.807, 2.05) is 0 Å². The van der Waals surface area contributed by atoms with Crippen molar-refractivity contribution in [1.29, 1.82) is 0 Å². The topological polar surface area (TPSA) is 107 Å². The SMILES string of the molecule is O=C1O[C@H]([C@@H](O)CO)C(O)=C1O.[K]. The van der Waals surface area contributed by atoms with E-state index in [1.165, 1.54) is 0 Å². The van der Waals surface area contributed by atoms with Crippen molar-refractivity contribution in [1.82, 2.24) is 0 Å². The van der Waals surface area contributed by atoms with Crippen molar-refractivity contribution in [3.63, 3.8) is 0 Å². The number of rotatable bonds is 2. The molecular weight excluding hydrogens is 207 g/mol. The second kappa shape index (κ2) is 5.30. The smallest absolute Gasteiger partial charge is 0.377 e. The molecule has 6 nitrogen and oxygen atoms in total. The Bertz CT molecular complexity index is 237. The molecule has 13 heavy (non-hydrogen) atoms. The maximum atomic E-state index is 10.5.